The van der Waals surface area contributed by atoms with E-state index in [1.165, 1.54) is 0 Å². The average Bonchev–Trinajstić information content (AvgIpc) is 3.35. The van der Waals surface area contributed by atoms with Crippen LogP contribution in [0.1, 0.15) is 23.1 Å². The molecule has 0 spiro atoms. The van der Waals surface area contributed by atoms with E-state index < -0.39 is 0 Å². The van der Waals surface area contributed by atoms with Crippen molar-refractivity contribution in [3.63, 3.8) is 0 Å². The number of carbonyl (C=O) groups excluding carboxylic acids is 1. The van der Waals surface area contributed by atoms with Crippen molar-refractivity contribution in [2.75, 3.05) is 7.05 Å². The minimum absolute atomic E-state index is 0.0151. The van der Waals surface area contributed by atoms with Gasteiger partial charge in [-0.15, -0.1) is 0 Å². The number of fused-ring (bicyclic) bond motifs is 1. The summed E-state index contributed by atoms with van der Waals surface area (Å²) in [7, 11) is 1.82. The molecular formula is C22H22N4O. The molecule has 136 valence electrons. The molecule has 2 aromatic carbocycles. The third kappa shape index (κ3) is 3.24. The lowest BCUT2D eigenvalue weighted by Crippen LogP contribution is -2.27. The topological polar surface area (TPSA) is 43.1 Å². The monoisotopic (exact) mass is 358 g/mol. The summed E-state index contributed by atoms with van der Waals surface area (Å²) in [5.74, 6) is 0.884. The number of aryl methyl sites for hydroxylation is 1. The number of hydrogen-bond donors (Lipinski definition) is 0. The van der Waals surface area contributed by atoms with E-state index >= 15 is 0 Å². The SMILES string of the molecule is CCn1c(CN(C)C(=O)c2cccc(-n3cccc3)c2)nc2ccccc21. The molecule has 1 amide bonds. The third-order valence-corrected chi connectivity index (χ3v) is 4.77. The molecular weight excluding hydrogens is 336 g/mol. The molecule has 0 unspecified atom stereocenters. The van der Waals surface area contributed by atoms with Gasteiger partial charge in [-0.25, -0.2) is 4.98 Å². The van der Waals surface area contributed by atoms with E-state index in [0.29, 0.717) is 12.1 Å². The van der Waals surface area contributed by atoms with Crippen LogP contribution >= 0.6 is 0 Å². The maximum absolute atomic E-state index is 13.0. The zero-order valence-electron chi connectivity index (χ0n) is 15.5. The van der Waals surface area contributed by atoms with Crippen LogP contribution in [0.25, 0.3) is 16.7 Å². The molecule has 5 heteroatoms. The highest BCUT2D eigenvalue weighted by Gasteiger charge is 2.17. The lowest BCUT2D eigenvalue weighted by Gasteiger charge is -2.18. The minimum Gasteiger partial charge on any atom is -0.334 e. The standard InChI is InChI=1S/C22H22N4O/c1-3-26-20-12-5-4-11-19(20)23-21(26)16-24(2)22(27)17-9-8-10-18(15-17)25-13-6-7-14-25/h4-15H,3,16H2,1-2H3. The van der Waals surface area contributed by atoms with E-state index in [1.54, 1.807) is 4.90 Å². The van der Waals surface area contributed by atoms with Crippen molar-refractivity contribution in [2.45, 2.75) is 20.0 Å². The van der Waals surface area contributed by atoms with Crippen molar-refractivity contribution in [2.24, 2.45) is 0 Å². The Balaban J connectivity index is 1.59. The van der Waals surface area contributed by atoms with E-state index in [9.17, 15) is 4.79 Å². The molecule has 0 fully saturated rings. The lowest BCUT2D eigenvalue weighted by molar-refractivity contribution is 0.0780. The number of carbonyl (C=O) groups is 1. The van der Waals surface area contributed by atoms with Crippen LogP contribution in [-0.2, 0) is 13.1 Å². The van der Waals surface area contributed by atoms with E-state index in [1.807, 2.05) is 78.6 Å². The van der Waals surface area contributed by atoms with E-state index in [4.69, 9.17) is 4.98 Å². The molecule has 0 aliphatic heterocycles. The Morgan fingerprint density at radius 1 is 1.04 bits per heavy atom. The summed E-state index contributed by atoms with van der Waals surface area (Å²) in [4.78, 5) is 19.4. The average molecular weight is 358 g/mol. The van der Waals surface area contributed by atoms with Gasteiger partial charge in [-0.1, -0.05) is 18.2 Å². The van der Waals surface area contributed by atoms with Crippen molar-refractivity contribution in [3.8, 4) is 5.69 Å². The number of para-hydroxylation sites is 2. The number of benzene rings is 2. The summed E-state index contributed by atoms with van der Waals surface area (Å²) in [5, 5.41) is 0. The zero-order valence-corrected chi connectivity index (χ0v) is 15.5. The summed E-state index contributed by atoms with van der Waals surface area (Å²) < 4.78 is 4.16. The van der Waals surface area contributed by atoms with Crippen molar-refractivity contribution < 1.29 is 4.79 Å². The molecule has 5 nitrogen and oxygen atoms in total. The molecule has 0 saturated carbocycles. The predicted molar refractivity (Wildman–Crippen MR) is 107 cm³/mol. The first-order valence-corrected chi connectivity index (χ1v) is 9.10. The van der Waals surface area contributed by atoms with E-state index in [2.05, 4.69) is 17.6 Å². The molecule has 0 radical (unpaired) electrons. The van der Waals surface area contributed by atoms with Crippen molar-refractivity contribution in [1.82, 2.24) is 19.0 Å². The molecule has 27 heavy (non-hydrogen) atoms. The highest BCUT2D eigenvalue weighted by atomic mass is 16.2. The van der Waals surface area contributed by atoms with Crippen molar-refractivity contribution in [3.05, 3.63) is 84.4 Å². The fourth-order valence-electron chi connectivity index (χ4n) is 3.41. The maximum atomic E-state index is 13.0. The van der Waals surface area contributed by atoms with Crippen LogP contribution in [0.5, 0.6) is 0 Å². The Bertz CT molecular complexity index is 1080. The van der Waals surface area contributed by atoms with Gasteiger partial charge in [0.05, 0.1) is 17.6 Å². The first-order chi connectivity index (χ1) is 13.2. The molecule has 2 heterocycles. The second kappa shape index (κ2) is 7.11. The first-order valence-electron chi connectivity index (χ1n) is 9.10. The number of nitrogens with zero attached hydrogens (tertiary/aromatic N) is 4. The molecule has 2 aromatic heterocycles. The largest absolute Gasteiger partial charge is 0.334 e. The van der Waals surface area contributed by atoms with Crippen LogP contribution in [-0.4, -0.2) is 32.0 Å². The number of amides is 1. The lowest BCUT2D eigenvalue weighted by atomic mass is 10.1. The van der Waals surface area contributed by atoms with Gasteiger partial charge in [-0.2, -0.15) is 0 Å². The second-order valence-electron chi connectivity index (χ2n) is 6.56. The van der Waals surface area contributed by atoms with E-state index in [-0.39, 0.29) is 5.91 Å². The number of imidazole rings is 1. The minimum atomic E-state index is -0.0151. The fourth-order valence-corrected chi connectivity index (χ4v) is 3.41. The van der Waals surface area contributed by atoms with Gasteiger partial charge in [0.2, 0.25) is 0 Å². The van der Waals surface area contributed by atoms with Crippen LogP contribution in [0.4, 0.5) is 0 Å². The molecule has 4 rings (SSSR count). The maximum Gasteiger partial charge on any atom is 0.254 e. The first kappa shape index (κ1) is 17.1. The number of hydrogen-bond acceptors (Lipinski definition) is 2. The smallest absolute Gasteiger partial charge is 0.254 e. The van der Waals surface area contributed by atoms with Crippen molar-refractivity contribution >= 4 is 16.9 Å². The van der Waals surface area contributed by atoms with Gasteiger partial charge in [0.15, 0.2) is 0 Å². The summed E-state index contributed by atoms with van der Waals surface area (Å²) >= 11 is 0. The molecule has 0 aliphatic carbocycles. The van der Waals surface area contributed by atoms with E-state index in [0.717, 1.165) is 29.1 Å². The predicted octanol–water partition coefficient (Wildman–Crippen LogP) is 4.12. The van der Waals surface area contributed by atoms with Gasteiger partial charge in [0.25, 0.3) is 5.91 Å². The van der Waals surface area contributed by atoms with Gasteiger partial charge in [-0.3, -0.25) is 4.79 Å². The summed E-state index contributed by atoms with van der Waals surface area (Å²) in [6, 6.07) is 19.7. The second-order valence-corrected chi connectivity index (χ2v) is 6.56. The molecule has 0 N–H and O–H groups in total. The highest BCUT2D eigenvalue weighted by Crippen LogP contribution is 2.18. The molecule has 0 aliphatic rings. The van der Waals surface area contributed by atoms with Gasteiger partial charge in [0.1, 0.15) is 5.82 Å². The van der Waals surface area contributed by atoms with Crippen molar-refractivity contribution in [1.29, 1.82) is 0 Å². The quantitative estimate of drug-likeness (QED) is 0.539. The van der Waals surface area contributed by atoms with Gasteiger partial charge in [-0.05, 0) is 49.4 Å². The van der Waals surface area contributed by atoms with Crippen LogP contribution in [0.2, 0.25) is 0 Å². The van der Waals surface area contributed by atoms with Crippen LogP contribution in [0.3, 0.4) is 0 Å². The Morgan fingerprint density at radius 2 is 1.81 bits per heavy atom. The molecule has 0 atom stereocenters. The molecule has 0 bridgehead atoms. The summed E-state index contributed by atoms with van der Waals surface area (Å²) in [6.45, 7) is 3.39. The summed E-state index contributed by atoms with van der Waals surface area (Å²) in [6.07, 6.45) is 3.94. The van der Waals surface area contributed by atoms with Gasteiger partial charge < -0.3 is 14.0 Å². The molecule has 0 saturated heterocycles. The highest BCUT2D eigenvalue weighted by molar-refractivity contribution is 5.94. The summed E-state index contributed by atoms with van der Waals surface area (Å²) in [5.41, 5.74) is 3.71. The zero-order chi connectivity index (χ0) is 18.8. The number of aromatic nitrogens is 3. The van der Waals surface area contributed by atoms with Gasteiger partial charge >= 0.3 is 0 Å². The Hall–Kier alpha value is -3.34. The third-order valence-electron chi connectivity index (χ3n) is 4.77. The Morgan fingerprint density at radius 3 is 2.59 bits per heavy atom. The fraction of sp³-hybridized carbons (Fsp3) is 0.182. The van der Waals surface area contributed by atoms with Crippen LogP contribution in [0, 0.1) is 0 Å². The normalized spacial score (nSPS) is 11.0. The van der Waals surface area contributed by atoms with Crippen LogP contribution in [0.15, 0.2) is 73.1 Å². The molecule has 4 aromatic rings. The van der Waals surface area contributed by atoms with Gasteiger partial charge in [0, 0.05) is 37.2 Å². The van der Waals surface area contributed by atoms with Crippen LogP contribution < -0.4 is 0 Å². The Labute approximate surface area is 158 Å². The Kier molecular flexibility index (Phi) is 4.50. The number of rotatable bonds is 5.